The molecule has 0 spiro atoms. The Bertz CT molecular complexity index is 1440. The van der Waals surface area contributed by atoms with Gasteiger partial charge >= 0.3 is 218 Å². The van der Waals surface area contributed by atoms with Gasteiger partial charge < -0.3 is 0 Å². The van der Waals surface area contributed by atoms with E-state index in [-0.39, 0.29) is 0 Å². The van der Waals surface area contributed by atoms with Crippen LogP contribution in [0.2, 0.25) is 0 Å². The van der Waals surface area contributed by atoms with Crippen LogP contribution in [0.4, 0.5) is 0 Å². The number of hydrogen-bond donors (Lipinski definition) is 0. The van der Waals surface area contributed by atoms with Gasteiger partial charge in [0.25, 0.3) is 0 Å². The van der Waals surface area contributed by atoms with Crippen molar-refractivity contribution in [3.8, 4) is 11.1 Å². The number of allylic oxidation sites excluding steroid dienone is 2. The van der Waals surface area contributed by atoms with Crippen LogP contribution >= 0.6 is 0 Å². The SMILES string of the molecule is CC(C)c1ccc2c(c1)[CH]([Zr]([CH]1C=Cc3ccccc31)[CH]1C=Cc3ccccc31)c1ccccc1-2. The standard InChI is InChI=1S/C16H15.2C9H7.Zr/c1-11(2)12-7-8-16-14(9-12)10-13-5-3-4-6-15(13)16;2*1-2-5-9-7-3-6-8(9)4-1;/h3-11H,1-2H3;2*1-7H;. The summed E-state index contributed by atoms with van der Waals surface area (Å²) in [7, 11) is 0. The summed E-state index contributed by atoms with van der Waals surface area (Å²) in [4.78, 5) is 0. The van der Waals surface area contributed by atoms with Crippen molar-refractivity contribution in [2.24, 2.45) is 0 Å². The van der Waals surface area contributed by atoms with Crippen molar-refractivity contribution in [2.75, 3.05) is 0 Å². The van der Waals surface area contributed by atoms with Gasteiger partial charge in [0, 0.05) is 0 Å². The molecule has 0 nitrogen and oxygen atoms in total. The van der Waals surface area contributed by atoms with Crippen LogP contribution < -0.4 is 0 Å². The summed E-state index contributed by atoms with van der Waals surface area (Å²) in [6.45, 7) is 4.65. The van der Waals surface area contributed by atoms with Gasteiger partial charge in [-0.1, -0.05) is 0 Å². The van der Waals surface area contributed by atoms with E-state index in [0.717, 1.165) is 0 Å². The summed E-state index contributed by atoms with van der Waals surface area (Å²) in [6.07, 6.45) is 9.94. The molecule has 0 heterocycles. The van der Waals surface area contributed by atoms with Gasteiger partial charge in [-0.15, -0.1) is 0 Å². The van der Waals surface area contributed by atoms with Gasteiger partial charge in [0.05, 0.1) is 0 Å². The summed E-state index contributed by atoms with van der Waals surface area (Å²) in [6, 6.07) is 34.9. The van der Waals surface area contributed by atoms with Crippen LogP contribution in [-0.4, -0.2) is 0 Å². The maximum absolute atomic E-state index is 2.57. The van der Waals surface area contributed by atoms with Gasteiger partial charge in [-0.2, -0.15) is 0 Å². The molecular weight excluding hydrogens is 500 g/mol. The Labute approximate surface area is 216 Å². The summed E-state index contributed by atoms with van der Waals surface area (Å²) < 4.78 is 1.69. The number of hydrogen-bond acceptors (Lipinski definition) is 0. The van der Waals surface area contributed by atoms with Crippen LogP contribution in [0.1, 0.15) is 69.6 Å². The molecular formula is C34H29Zr. The number of benzene rings is 4. The molecule has 0 amide bonds. The molecule has 0 saturated carbocycles. The van der Waals surface area contributed by atoms with E-state index in [1.165, 1.54) is 27.8 Å². The van der Waals surface area contributed by atoms with Crippen molar-refractivity contribution in [1.29, 1.82) is 0 Å². The second-order valence-electron chi connectivity index (χ2n) is 10.5. The fourth-order valence-electron chi connectivity index (χ4n) is 6.58. The summed E-state index contributed by atoms with van der Waals surface area (Å²) >= 11 is -2.38. The zero-order valence-electron chi connectivity index (χ0n) is 20.3. The molecule has 0 aromatic heterocycles. The molecule has 0 N–H and O–H groups in total. The monoisotopic (exact) mass is 527 g/mol. The maximum atomic E-state index is 2.57. The first-order valence-electron chi connectivity index (χ1n) is 12.8. The van der Waals surface area contributed by atoms with E-state index >= 15 is 0 Å². The predicted octanol–water partition coefficient (Wildman–Crippen LogP) is 9.03. The number of rotatable bonds is 4. The first kappa shape index (κ1) is 21.5. The van der Waals surface area contributed by atoms with E-state index in [0.29, 0.717) is 16.8 Å². The minimum atomic E-state index is -2.38. The third kappa shape index (κ3) is 3.35. The Kier molecular flexibility index (Phi) is 5.18. The van der Waals surface area contributed by atoms with Crippen molar-refractivity contribution in [3.63, 3.8) is 0 Å². The van der Waals surface area contributed by atoms with Crippen molar-refractivity contribution >= 4 is 12.2 Å². The van der Waals surface area contributed by atoms with Gasteiger partial charge in [0.15, 0.2) is 0 Å². The van der Waals surface area contributed by atoms with E-state index < -0.39 is 21.8 Å². The van der Waals surface area contributed by atoms with E-state index in [2.05, 4.69) is 129 Å². The first-order chi connectivity index (χ1) is 17.2. The van der Waals surface area contributed by atoms with Crippen LogP contribution in [0.5, 0.6) is 0 Å². The minimum absolute atomic E-state index is 0.538. The van der Waals surface area contributed by atoms with Gasteiger partial charge in [-0.05, 0) is 0 Å². The fourth-order valence-corrected chi connectivity index (χ4v) is 16.9. The topological polar surface area (TPSA) is 0 Å². The molecule has 169 valence electrons. The summed E-state index contributed by atoms with van der Waals surface area (Å²) in [5.41, 5.74) is 13.5. The second kappa shape index (κ2) is 8.42. The molecule has 4 aromatic rings. The molecule has 7 rings (SSSR count). The number of fused-ring (bicyclic) bond motifs is 5. The van der Waals surface area contributed by atoms with Gasteiger partial charge in [0.2, 0.25) is 0 Å². The Hall–Kier alpha value is -2.76. The van der Waals surface area contributed by atoms with Gasteiger partial charge in [-0.3, -0.25) is 0 Å². The van der Waals surface area contributed by atoms with E-state index in [1.54, 1.807) is 22.3 Å². The Balaban J connectivity index is 1.47. The third-order valence-electron chi connectivity index (χ3n) is 8.27. The molecule has 0 saturated heterocycles. The fraction of sp³-hybridized carbons (Fsp3) is 0.176. The molecule has 3 aliphatic carbocycles. The van der Waals surface area contributed by atoms with E-state index in [1.807, 2.05) is 0 Å². The average molecular weight is 529 g/mol. The average Bonchev–Trinajstić information content (AvgIpc) is 3.60. The second-order valence-corrected chi connectivity index (χ2v) is 17.4. The molecule has 0 bridgehead atoms. The molecule has 4 aromatic carbocycles. The van der Waals surface area contributed by atoms with Crippen molar-refractivity contribution in [1.82, 2.24) is 0 Å². The molecule has 0 aliphatic heterocycles. The van der Waals surface area contributed by atoms with Crippen LogP contribution in [-0.2, 0) is 21.8 Å². The summed E-state index contributed by atoms with van der Waals surface area (Å²) in [5, 5.41) is 0. The van der Waals surface area contributed by atoms with Crippen LogP contribution in [0, 0.1) is 0 Å². The summed E-state index contributed by atoms with van der Waals surface area (Å²) in [5.74, 6) is 0.538. The zero-order chi connectivity index (χ0) is 23.5. The van der Waals surface area contributed by atoms with Crippen LogP contribution in [0.3, 0.4) is 0 Å². The normalized spacial score (nSPS) is 20.6. The van der Waals surface area contributed by atoms with Crippen molar-refractivity contribution in [3.05, 3.63) is 142 Å². The van der Waals surface area contributed by atoms with Crippen LogP contribution in [0.15, 0.2) is 103 Å². The first-order valence-corrected chi connectivity index (χ1v) is 17.1. The zero-order valence-corrected chi connectivity index (χ0v) is 22.7. The molecule has 0 radical (unpaired) electrons. The molecule has 0 fully saturated rings. The Morgan fingerprint density at radius 2 is 1.11 bits per heavy atom. The third-order valence-corrected chi connectivity index (χ3v) is 17.4. The van der Waals surface area contributed by atoms with E-state index in [4.69, 9.17) is 0 Å². The molecule has 3 unspecified atom stereocenters. The van der Waals surface area contributed by atoms with Crippen LogP contribution in [0.25, 0.3) is 23.3 Å². The quantitative estimate of drug-likeness (QED) is 0.248. The van der Waals surface area contributed by atoms with Gasteiger partial charge in [-0.25, -0.2) is 0 Å². The molecule has 3 aliphatic rings. The van der Waals surface area contributed by atoms with Crippen molar-refractivity contribution in [2.45, 2.75) is 30.6 Å². The molecule has 1 heteroatoms. The van der Waals surface area contributed by atoms with E-state index in [9.17, 15) is 0 Å². The van der Waals surface area contributed by atoms with Gasteiger partial charge in [0.1, 0.15) is 0 Å². The molecule has 3 atom stereocenters. The van der Waals surface area contributed by atoms with Crippen molar-refractivity contribution < 1.29 is 21.8 Å². The Morgan fingerprint density at radius 3 is 1.74 bits per heavy atom. The molecule has 35 heavy (non-hydrogen) atoms. The Morgan fingerprint density at radius 1 is 0.571 bits per heavy atom. The predicted molar refractivity (Wildman–Crippen MR) is 144 cm³/mol.